The Morgan fingerprint density at radius 2 is 1.57 bits per heavy atom. The van der Waals surface area contributed by atoms with Crippen LogP contribution in [0.1, 0.15) is 22.0 Å². The lowest BCUT2D eigenvalue weighted by atomic mass is 10.0. The number of hydrogen-bond acceptors (Lipinski definition) is 4. The Kier molecular flexibility index (Phi) is 5.46. The first kappa shape index (κ1) is 16.7. The third-order valence-corrected chi connectivity index (χ3v) is 3.37. The molecule has 4 N–H and O–H groups in total. The second kappa shape index (κ2) is 7.53. The summed E-state index contributed by atoms with van der Waals surface area (Å²) in [5.41, 5.74) is 0.954. The maximum atomic E-state index is 12.1. The molecule has 0 unspecified atom stereocenters. The number of para-hydroxylation sites is 1. The molecule has 0 aliphatic rings. The Morgan fingerprint density at radius 1 is 0.957 bits per heavy atom. The fourth-order valence-electron chi connectivity index (χ4n) is 2.11. The van der Waals surface area contributed by atoms with Gasteiger partial charge in [-0.2, -0.15) is 0 Å². The number of hydrogen-bond donors (Lipinski definition) is 4. The monoisotopic (exact) mass is 314 g/mol. The molecule has 6 nitrogen and oxygen atoms in total. The Morgan fingerprint density at radius 3 is 2.22 bits per heavy atom. The van der Waals surface area contributed by atoms with Gasteiger partial charge in [-0.1, -0.05) is 42.5 Å². The Bertz CT molecular complexity index is 688. The molecule has 6 heteroatoms. The van der Waals surface area contributed by atoms with Crippen molar-refractivity contribution in [1.82, 2.24) is 5.32 Å². The van der Waals surface area contributed by atoms with Crippen LogP contribution in [-0.4, -0.2) is 35.2 Å². The standard InChI is InChI=1S/C17H18N2O4/c1-18-16(22)12-9-5-6-10-13(12)19-17(23)15(21)14(20)11-7-3-2-4-8-11/h2-10,14-15,20-21H,1H3,(H,18,22)(H,19,23)/t14-,15+/m0/s1. The Labute approximate surface area is 133 Å². The van der Waals surface area contributed by atoms with Gasteiger partial charge in [-0.05, 0) is 17.7 Å². The molecule has 0 heterocycles. The van der Waals surface area contributed by atoms with E-state index in [4.69, 9.17) is 0 Å². The van der Waals surface area contributed by atoms with Crippen LogP contribution in [0.5, 0.6) is 0 Å². The number of carbonyl (C=O) groups is 2. The zero-order valence-corrected chi connectivity index (χ0v) is 12.6. The zero-order chi connectivity index (χ0) is 16.8. The van der Waals surface area contributed by atoms with Gasteiger partial charge in [0.05, 0.1) is 11.3 Å². The van der Waals surface area contributed by atoms with Gasteiger partial charge in [-0.3, -0.25) is 9.59 Å². The highest BCUT2D eigenvalue weighted by molar-refractivity contribution is 6.04. The lowest BCUT2D eigenvalue weighted by Gasteiger charge is -2.18. The van der Waals surface area contributed by atoms with E-state index in [1.54, 1.807) is 54.6 Å². The topological polar surface area (TPSA) is 98.7 Å². The number of benzene rings is 2. The van der Waals surface area contributed by atoms with Gasteiger partial charge in [0, 0.05) is 7.05 Å². The van der Waals surface area contributed by atoms with Crippen molar-refractivity contribution in [1.29, 1.82) is 0 Å². The summed E-state index contributed by atoms with van der Waals surface area (Å²) in [6.45, 7) is 0. The molecule has 0 aliphatic heterocycles. The lowest BCUT2D eigenvalue weighted by Crippen LogP contribution is -2.34. The molecule has 2 atom stereocenters. The van der Waals surface area contributed by atoms with Gasteiger partial charge in [0.25, 0.3) is 11.8 Å². The van der Waals surface area contributed by atoms with Crippen molar-refractivity contribution in [3.05, 3.63) is 65.7 Å². The second-order valence-electron chi connectivity index (χ2n) is 4.91. The van der Waals surface area contributed by atoms with E-state index >= 15 is 0 Å². The van der Waals surface area contributed by atoms with Crippen LogP contribution in [0, 0.1) is 0 Å². The quantitative estimate of drug-likeness (QED) is 0.663. The molecule has 0 aliphatic carbocycles. The first-order valence-corrected chi connectivity index (χ1v) is 7.07. The molecule has 0 bridgehead atoms. The highest BCUT2D eigenvalue weighted by Crippen LogP contribution is 2.20. The Balaban J connectivity index is 2.15. The SMILES string of the molecule is CNC(=O)c1ccccc1NC(=O)[C@H](O)[C@@H](O)c1ccccc1. The van der Waals surface area contributed by atoms with E-state index in [-0.39, 0.29) is 17.2 Å². The molecule has 0 aromatic heterocycles. The molecule has 2 aromatic carbocycles. The third-order valence-electron chi connectivity index (χ3n) is 3.37. The fourth-order valence-corrected chi connectivity index (χ4v) is 2.11. The minimum atomic E-state index is -1.66. The van der Waals surface area contributed by atoms with Crippen molar-refractivity contribution in [3.63, 3.8) is 0 Å². The van der Waals surface area contributed by atoms with Crippen LogP contribution in [0.15, 0.2) is 54.6 Å². The molecule has 0 saturated heterocycles. The number of aliphatic hydroxyl groups is 2. The van der Waals surface area contributed by atoms with Gasteiger partial charge >= 0.3 is 0 Å². The van der Waals surface area contributed by atoms with Crippen molar-refractivity contribution < 1.29 is 19.8 Å². The maximum Gasteiger partial charge on any atom is 0.256 e. The van der Waals surface area contributed by atoms with Crippen LogP contribution in [0.2, 0.25) is 0 Å². The van der Waals surface area contributed by atoms with Gasteiger partial charge in [-0.25, -0.2) is 0 Å². The van der Waals surface area contributed by atoms with E-state index < -0.39 is 18.1 Å². The van der Waals surface area contributed by atoms with Crippen molar-refractivity contribution in [2.24, 2.45) is 0 Å². The first-order valence-electron chi connectivity index (χ1n) is 7.07. The lowest BCUT2D eigenvalue weighted by molar-refractivity contribution is -0.129. The maximum absolute atomic E-state index is 12.1. The van der Waals surface area contributed by atoms with Gasteiger partial charge in [0.1, 0.15) is 6.10 Å². The molecule has 120 valence electrons. The summed E-state index contributed by atoms with van der Waals surface area (Å²) in [6.07, 6.45) is -3.02. The number of carbonyl (C=O) groups excluding carboxylic acids is 2. The summed E-state index contributed by atoms with van der Waals surface area (Å²) in [5.74, 6) is -1.16. The molecule has 23 heavy (non-hydrogen) atoms. The van der Waals surface area contributed by atoms with Crippen LogP contribution < -0.4 is 10.6 Å². The molecule has 0 spiro atoms. The Hall–Kier alpha value is -2.70. The molecule has 0 fully saturated rings. The average Bonchev–Trinajstić information content (AvgIpc) is 2.61. The molecular formula is C17H18N2O4. The molecule has 0 saturated carbocycles. The van der Waals surface area contributed by atoms with E-state index in [1.165, 1.54) is 7.05 Å². The van der Waals surface area contributed by atoms with Crippen molar-refractivity contribution in [2.75, 3.05) is 12.4 Å². The van der Waals surface area contributed by atoms with Crippen LogP contribution >= 0.6 is 0 Å². The number of amides is 2. The van der Waals surface area contributed by atoms with E-state index in [2.05, 4.69) is 10.6 Å². The summed E-state index contributed by atoms with van der Waals surface area (Å²) in [4.78, 5) is 23.9. The van der Waals surface area contributed by atoms with Gasteiger partial charge in [0.15, 0.2) is 6.10 Å². The third kappa shape index (κ3) is 3.94. The van der Waals surface area contributed by atoms with Gasteiger partial charge < -0.3 is 20.8 Å². The normalized spacial score (nSPS) is 13.0. The fraction of sp³-hybridized carbons (Fsp3) is 0.176. The summed E-state index contributed by atoms with van der Waals surface area (Å²) >= 11 is 0. The zero-order valence-electron chi connectivity index (χ0n) is 12.6. The second-order valence-corrected chi connectivity index (χ2v) is 4.91. The number of anilines is 1. The van der Waals surface area contributed by atoms with Gasteiger partial charge in [-0.15, -0.1) is 0 Å². The molecule has 0 radical (unpaired) electrons. The van der Waals surface area contributed by atoms with Crippen molar-refractivity contribution in [2.45, 2.75) is 12.2 Å². The van der Waals surface area contributed by atoms with Crippen LogP contribution in [0.3, 0.4) is 0 Å². The van der Waals surface area contributed by atoms with E-state index in [1.807, 2.05) is 0 Å². The van der Waals surface area contributed by atoms with Crippen molar-refractivity contribution >= 4 is 17.5 Å². The van der Waals surface area contributed by atoms with Crippen LogP contribution in [0.4, 0.5) is 5.69 Å². The minimum Gasteiger partial charge on any atom is -0.385 e. The summed E-state index contributed by atoms with van der Waals surface area (Å²) in [6, 6.07) is 14.8. The summed E-state index contributed by atoms with van der Waals surface area (Å²) in [7, 11) is 1.48. The predicted molar refractivity (Wildman–Crippen MR) is 85.9 cm³/mol. The van der Waals surface area contributed by atoms with E-state index in [9.17, 15) is 19.8 Å². The molecule has 2 amide bonds. The molecule has 2 aromatic rings. The van der Waals surface area contributed by atoms with Crippen LogP contribution in [0.25, 0.3) is 0 Å². The van der Waals surface area contributed by atoms with Crippen molar-refractivity contribution in [3.8, 4) is 0 Å². The number of aliphatic hydroxyl groups excluding tert-OH is 2. The van der Waals surface area contributed by atoms with E-state index in [0.717, 1.165) is 0 Å². The molecule has 2 rings (SSSR count). The molecular weight excluding hydrogens is 296 g/mol. The van der Waals surface area contributed by atoms with Gasteiger partial charge in [0.2, 0.25) is 0 Å². The van der Waals surface area contributed by atoms with E-state index in [0.29, 0.717) is 5.56 Å². The summed E-state index contributed by atoms with van der Waals surface area (Å²) in [5, 5.41) is 25.0. The summed E-state index contributed by atoms with van der Waals surface area (Å²) < 4.78 is 0. The number of rotatable bonds is 5. The first-order chi connectivity index (χ1) is 11.0. The van der Waals surface area contributed by atoms with Crippen LogP contribution in [-0.2, 0) is 4.79 Å². The highest BCUT2D eigenvalue weighted by Gasteiger charge is 2.26. The average molecular weight is 314 g/mol. The highest BCUT2D eigenvalue weighted by atomic mass is 16.3. The predicted octanol–water partition coefficient (Wildman–Crippen LogP) is 1.08. The largest absolute Gasteiger partial charge is 0.385 e. The smallest absolute Gasteiger partial charge is 0.256 e. The minimum absolute atomic E-state index is 0.260. The number of nitrogens with one attached hydrogen (secondary N) is 2.